The average Bonchev–Trinajstić information content (AvgIpc) is 2.46. The van der Waals surface area contributed by atoms with E-state index in [1.165, 1.54) is 41.5 Å². The van der Waals surface area contributed by atoms with E-state index in [9.17, 15) is 0 Å². The molecule has 110 valence electrons. The molecule has 1 fully saturated rings. The van der Waals surface area contributed by atoms with Crippen LogP contribution < -0.4 is 5.32 Å². The minimum absolute atomic E-state index is 0.312. The average molecular weight is 279 g/mol. The Balaban J connectivity index is 1.88. The fourth-order valence-corrected chi connectivity index (χ4v) is 3.11. The Morgan fingerprint density at radius 1 is 1.05 bits per heavy atom. The van der Waals surface area contributed by atoms with Crippen LogP contribution in [0.25, 0.3) is 0 Å². The van der Waals surface area contributed by atoms with Crippen LogP contribution in [0.1, 0.15) is 47.6 Å². The van der Waals surface area contributed by atoms with Gasteiger partial charge in [-0.15, -0.1) is 0 Å². The topological polar surface area (TPSA) is 12.0 Å². The molecule has 3 rings (SSSR count). The molecule has 0 bridgehead atoms. The van der Waals surface area contributed by atoms with Crippen molar-refractivity contribution in [2.75, 3.05) is 6.54 Å². The third-order valence-electron chi connectivity index (χ3n) is 4.71. The van der Waals surface area contributed by atoms with Crippen molar-refractivity contribution in [3.63, 3.8) is 0 Å². The van der Waals surface area contributed by atoms with Crippen molar-refractivity contribution in [2.45, 2.75) is 39.2 Å². The van der Waals surface area contributed by atoms with Gasteiger partial charge >= 0.3 is 0 Å². The zero-order valence-electron chi connectivity index (χ0n) is 13.1. The summed E-state index contributed by atoms with van der Waals surface area (Å²) in [6.07, 6.45) is 4.19. The SMILES string of the molecule is Cc1ccc(C)c(C(NCC2CCC2)c2ccccc2)c1. The van der Waals surface area contributed by atoms with Crippen molar-refractivity contribution in [3.8, 4) is 0 Å². The maximum absolute atomic E-state index is 3.82. The van der Waals surface area contributed by atoms with Gasteiger partial charge in [0.2, 0.25) is 0 Å². The lowest BCUT2D eigenvalue weighted by Crippen LogP contribution is -2.31. The van der Waals surface area contributed by atoms with Crippen LogP contribution in [0.15, 0.2) is 48.5 Å². The van der Waals surface area contributed by atoms with Gasteiger partial charge in [0.05, 0.1) is 6.04 Å². The second-order valence-electron chi connectivity index (χ2n) is 6.41. The van der Waals surface area contributed by atoms with Crippen LogP contribution in [0.2, 0.25) is 0 Å². The van der Waals surface area contributed by atoms with E-state index < -0.39 is 0 Å². The first kappa shape index (κ1) is 14.3. The van der Waals surface area contributed by atoms with Crippen LogP contribution in [0.4, 0.5) is 0 Å². The molecule has 0 radical (unpaired) electrons. The molecule has 1 unspecified atom stereocenters. The van der Waals surface area contributed by atoms with E-state index >= 15 is 0 Å². The molecular formula is C20H25N. The van der Waals surface area contributed by atoms with Crippen molar-refractivity contribution in [1.29, 1.82) is 0 Å². The van der Waals surface area contributed by atoms with Gasteiger partial charge in [-0.1, -0.05) is 60.5 Å². The lowest BCUT2D eigenvalue weighted by molar-refractivity contribution is 0.295. The molecule has 1 aliphatic rings. The second-order valence-corrected chi connectivity index (χ2v) is 6.41. The fraction of sp³-hybridized carbons (Fsp3) is 0.400. The molecule has 1 nitrogen and oxygen atoms in total. The zero-order valence-corrected chi connectivity index (χ0v) is 13.1. The van der Waals surface area contributed by atoms with Gasteiger partial charge in [0.25, 0.3) is 0 Å². The molecule has 0 spiro atoms. The number of nitrogens with one attached hydrogen (secondary N) is 1. The van der Waals surface area contributed by atoms with E-state index in [2.05, 4.69) is 67.7 Å². The number of rotatable bonds is 5. The molecule has 21 heavy (non-hydrogen) atoms. The van der Waals surface area contributed by atoms with Crippen molar-refractivity contribution in [3.05, 3.63) is 70.8 Å². The summed E-state index contributed by atoms with van der Waals surface area (Å²) in [6, 6.07) is 17.9. The van der Waals surface area contributed by atoms with Crippen molar-refractivity contribution < 1.29 is 0 Å². The van der Waals surface area contributed by atoms with Crippen LogP contribution in [0.3, 0.4) is 0 Å². The minimum Gasteiger partial charge on any atom is -0.306 e. The summed E-state index contributed by atoms with van der Waals surface area (Å²) in [7, 11) is 0. The van der Waals surface area contributed by atoms with E-state index in [1.807, 2.05) is 0 Å². The summed E-state index contributed by atoms with van der Waals surface area (Å²) < 4.78 is 0. The molecule has 0 aliphatic heterocycles. The number of aryl methyl sites for hydroxylation is 2. The Morgan fingerprint density at radius 2 is 1.81 bits per heavy atom. The first-order valence-corrected chi connectivity index (χ1v) is 8.09. The lowest BCUT2D eigenvalue weighted by Gasteiger charge is -2.29. The van der Waals surface area contributed by atoms with Gasteiger partial charge in [-0.2, -0.15) is 0 Å². The maximum atomic E-state index is 3.82. The van der Waals surface area contributed by atoms with Crippen LogP contribution in [-0.2, 0) is 0 Å². The number of hydrogen-bond acceptors (Lipinski definition) is 1. The third-order valence-corrected chi connectivity index (χ3v) is 4.71. The smallest absolute Gasteiger partial charge is 0.0579 e. The van der Waals surface area contributed by atoms with Gasteiger partial charge in [0.1, 0.15) is 0 Å². The summed E-state index contributed by atoms with van der Waals surface area (Å²) in [4.78, 5) is 0. The molecule has 1 aliphatic carbocycles. The van der Waals surface area contributed by atoms with Crippen LogP contribution in [0, 0.1) is 19.8 Å². The molecule has 0 aromatic heterocycles. The summed E-state index contributed by atoms with van der Waals surface area (Å²) >= 11 is 0. The molecule has 0 amide bonds. The Labute approximate surface area is 128 Å². The van der Waals surface area contributed by atoms with E-state index in [0.717, 1.165) is 12.5 Å². The van der Waals surface area contributed by atoms with Crippen LogP contribution in [0.5, 0.6) is 0 Å². The summed E-state index contributed by atoms with van der Waals surface area (Å²) in [6.45, 7) is 5.53. The first-order valence-electron chi connectivity index (χ1n) is 8.09. The van der Waals surface area contributed by atoms with Crippen molar-refractivity contribution in [2.24, 2.45) is 5.92 Å². The highest BCUT2D eigenvalue weighted by Gasteiger charge is 2.21. The maximum Gasteiger partial charge on any atom is 0.0579 e. The zero-order chi connectivity index (χ0) is 14.7. The molecule has 2 aromatic carbocycles. The van der Waals surface area contributed by atoms with Gasteiger partial charge in [-0.3, -0.25) is 0 Å². The Hall–Kier alpha value is -1.60. The van der Waals surface area contributed by atoms with E-state index in [1.54, 1.807) is 0 Å². The highest BCUT2D eigenvalue weighted by molar-refractivity contribution is 5.39. The number of hydrogen-bond donors (Lipinski definition) is 1. The standard InChI is InChI=1S/C20H25N/c1-15-11-12-16(2)19(13-15)20(18-9-4-3-5-10-18)21-14-17-7-6-8-17/h3-5,9-13,17,20-21H,6-8,14H2,1-2H3. The molecule has 0 saturated heterocycles. The van der Waals surface area contributed by atoms with Crippen molar-refractivity contribution in [1.82, 2.24) is 5.32 Å². The first-order chi connectivity index (χ1) is 10.2. The van der Waals surface area contributed by atoms with Crippen molar-refractivity contribution >= 4 is 0 Å². The monoisotopic (exact) mass is 279 g/mol. The molecule has 1 saturated carbocycles. The number of benzene rings is 2. The summed E-state index contributed by atoms with van der Waals surface area (Å²) in [5.41, 5.74) is 5.49. The van der Waals surface area contributed by atoms with Gasteiger partial charge < -0.3 is 5.32 Å². The third kappa shape index (κ3) is 3.36. The summed E-state index contributed by atoms with van der Waals surface area (Å²) in [5.74, 6) is 0.876. The largest absolute Gasteiger partial charge is 0.306 e. The predicted molar refractivity (Wildman–Crippen MR) is 89.5 cm³/mol. The molecule has 1 heteroatoms. The van der Waals surface area contributed by atoms with Gasteiger partial charge in [0, 0.05) is 0 Å². The normalized spacial score (nSPS) is 16.5. The van der Waals surface area contributed by atoms with E-state index in [-0.39, 0.29) is 0 Å². The van der Waals surface area contributed by atoms with E-state index in [0.29, 0.717) is 6.04 Å². The molecule has 1 atom stereocenters. The Morgan fingerprint density at radius 3 is 2.48 bits per heavy atom. The molecular weight excluding hydrogens is 254 g/mol. The minimum atomic E-state index is 0.312. The van der Waals surface area contributed by atoms with Gasteiger partial charge in [-0.05, 0) is 55.8 Å². The summed E-state index contributed by atoms with van der Waals surface area (Å²) in [5, 5.41) is 3.82. The Bertz CT molecular complexity index is 584. The highest BCUT2D eigenvalue weighted by Crippen LogP contribution is 2.29. The van der Waals surface area contributed by atoms with E-state index in [4.69, 9.17) is 0 Å². The van der Waals surface area contributed by atoms with Gasteiger partial charge in [0.15, 0.2) is 0 Å². The van der Waals surface area contributed by atoms with Crippen LogP contribution in [-0.4, -0.2) is 6.54 Å². The fourth-order valence-electron chi connectivity index (χ4n) is 3.11. The van der Waals surface area contributed by atoms with Gasteiger partial charge in [-0.25, -0.2) is 0 Å². The predicted octanol–water partition coefficient (Wildman–Crippen LogP) is 4.78. The van der Waals surface area contributed by atoms with Crippen LogP contribution >= 0.6 is 0 Å². The highest BCUT2D eigenvalue weighted by atomic mass is 14.9. The second kappa shape index (κ2) is 6.44. The quantitative estimate of drug-likeness (QED) is 0.830. The Kier molecular flexibility index (Phi) is 4.40. The molecule has 2 aromatic rings. The lowest BCUT2D eigenvalue weighted by atomic mass is 9.84. The molecule has 0 heterocycles. The molecule has 1 N–H and O–H groups in total.